The number of anilines is 1. The highest BCUT2D eigenvalue weighted by Gasteiger charge is 2.29. The minimum Gasteiger partial charge on any atom is -0.370 e. The number of hydrogen-bond acceptors (Lipinski definition) is 5. The van der Waals surface area contributed by atoms with E-state index < -0.39 is 10.0 Å². The molecule has 35 heavy (non-hydrogen) atoms. The molecular formula is C28H30N4O2S. The number of para-hydroxylation sites is 1. The molecule has 1 aliphatic rings. The van der Waals surface area contributed by atoms with E-state index in [2.05, 4.69) is 57.7 Å². The van der Waals surface area contributed by atoms with Gasteiger partial charge >= 0.3 is 0 Å². The van der Waals surface area contributed by atoms with E-state index >= 15 is 0 Å². The minimum atomic E-state index is -3.53. The molecule has 0 radical (unpaired) electrons. The van der Waals surface area contributed by atoms with Crippen molar-refractivity contribution >= 4 is 26.7 Å². The van der Waals surface area contributed by atoms with Gasteiger partial charge in [-0.25, -0.2) is 13.4 Å². The Morgan fingerprint density at radius 1 is 0.886 bits per heavy atom. The molecule has 6 nitrogen and oxygen atoms in total. The van der Waals surface area contributed by atoms with Crippen LogP contribution in [-0.2, 0) is 22.9 Å². The maximum Gasteiger partial charge on any atom is 0.244 e. The zero-order valence-electron chi connectivity index (χ0n) is 19.7. The van der Waals surface area contributed by atoms with Crippen molar-refractivity contribution in [3.8, 4) is 0 Å². The predicted octanol–water partition coefficient (Wildman–Crippen LogP) is 4.93. The summed E-state index contributed by atoms with van der Waals surface area (Å²) in [5.74, 6) is 1.18. The molecule has 7 heteroatoms. The number of hydrogen-bond donors (Lipinski definition) is 1. The Bertz CT molecular complexity index is 1360. The summed E-state index contributed by atoms with van der Waals surface area (Å²) in [5.41, 5.74) is 3.50. The number of benzene rings is 2. The van der Waals surface area contributed by atoms with Gasteiger partial charge in [-0.3, -0.25) is 4.98 Å². The van der Waals surface area contributed by atoms with E-state index in [0.29, 0.717) is 31.4 Å². The van der Waals surface area contributed by atoms with Crippen LogP contribution in [0.1, 0.15) is 24.0 Å². The van der Waals surface area contributed by atoms with Crippen molar-refractivity contribution in [3.05, 3.63) is 96.3 Å². The molecule has 0 unspecified atom stereocenters. The first-order valence-electron chi connectivity index (χ1n) is 12.2. The summed E-state index contributed by atoms with van der Waals surface area (Å²) in [6, 6.07) is 24.0. The number of piperidine rings is 1. The standard InChI is InChI=1S/C28H30N4O2S/c33-35(34,32-18-14-23(15-19-32)20-22-6-2-1-3-7-22)26-11-12-27(31-21-26)29-17-13-25-9-4-8-24-10-5-16-30-28(24)25/h1-12,16,21,23H,13-15,17-20H2,(H,29,31). The molecule has 0 bridgehead atoms. The zero-order chi connectivity index (χ0) is 24.1. The summed E-state index contributed by atoms with van der Waals surface area (Å²) in [6.07, 6.45) is 6.84. The Morgan fingerprint density at radius 2 is 1.69 bits per heavy atom. The summed E-state index contributed by atoms with van der Waals surface area (Å²) in [5, 5.41) is 4.42. The van der Waals surface area contributed by atoms with Crippen LogP contribution in [0, 0.1) is 5.92 Å². The summed E-state index contributed by atoms with van der Waals surface area (Å²) in [7, 11) is -3.53. The molecular weight excluding hydrogens is 456 g/mol. The second-order valence-corrected chi connectivity index (χ2v) is 11.0. The second kappa shape index (κ2) is 10.5. The first kappa shape index (κ1) is 23.5. The molecule has 2 aromatic carbocycles. The average Bonchev–Trinajstić information content (AvgIpc) is 2.90. The Labute approximate surface area is 207 Å². The molecule has 3 heterocycles. The number of sulfonamides is 1. The van der Waals surface area contributed by atoms with Crippen molar-refractivity contribution < 1.29 is 8.42 Å². The van der Waals surface area contributed by atoms with Gasteiger partial charge in [0.1, 0.15) is 10.7 Å². The quantitative estimate of drug-likeness (QED) is 0.382. The van der Waals surface area contributed by atoms with Gasteiger partial charge in [-0.05, 0) is 60.9 Å². The number of nitrogens with zero attached hydrogens (tertiary/aromatic N) is 3. The van der Waals surface area contributed by atoms with Crippen LogP contribution in [0.4, 0.5) is 5.82 Å². The van der Waals surface area contributed by atoms with E-state index in [4.69, 9.17) is 0 Å². The third kappa shape index (κ3) is 5.52. The molecule has 0 saturated carbocycles. The molecule has 1 N–H and O–H groups in total. The summed E-state index contributed by atoms with van der Waals surface area (Å²) in [6.45, 7) is 1.79. The summed E-state index contributed by atoms with van der Waals surface area (Å²) in [4.78, 5) is 9.12. The van der Waals surface area contributed by atoms with Crippen LogP contribution in [0.5, 0.6) is 0 Å². The van der Waals surface area contributed by atoms with Gasteiger partial charge in [-0.1, -0.05) is 54.6 Å². The highest BCUT2D eigenvalue weighted by Crippen LogP contribution is 2.26. The Kier molecular flexibility index (Phi) is 7.06. The lowest BCUT2D eigenvalue weighted by Crippen LogP contribution is -2.38. The van der Waals surface area contributed by atoms with E-state index in [1.807, 2.05) is 24.4 Å². The normalized spacial score (nSPS) is 15.3. The van der Waals surface area contributed by atoms with Crippen molar-refractivity contribution in [3.63, 3.8) is 0 Å². The van der Waals surface area contributed by atoms with Gasteiger partial charge in [-0.2, -0.15) is 4.31 Å². The first-order valence-corrected chi connectivity index (χ1v) is 13.6. The molecule has 4 aromatic rings. The Hall–Kier alpha value is -3.29. The number of pyridine rings is 2. The van der Waals surface area contributed by atoms with Crippen LogP contribution in [0.15, 0.2) is 90.1 Å². The first-order chi connectivity index (χ1) is 17.1. The summed E-state index contributed by atoms with van der Waals surface area (Å²) < 4.78 is 27.9. The lowest BCUT2D eigenvalue weighted by molar-refractivity contribution is 0.273. The third-order valence-corrected chi connectivity index (χ3v) is 8.61. The molecule has 5 rings (SSSR count). The molecule has 0 spiro atoms. The topological polar surface area (TPSA) is 75.2 Å². The molecule has 1 saturated heterocycles. The van der Waals surface area contributed by atoms with Gasteiger partial charge in [0.2, 0.25) is 10.0 Å². The van der Waals surface area contributed by atoms with E-state index in [0.717, 1.165) is 36.6 Å². The van der Waals surface area contributed by atoms with Gasteiger partial charge < -0.3 is 5.32 Å². The van der Waals surface area contributed by atoms with Gasteiger partial charge in [0.05, 0.1) is 5.52 Å². The van der Waals surface area contributed by atoms with Gasteiger partial charge in [0, 0.05) is 37.4 Å². The molecule has 0 aliphatic carbocycles. The largest absolute Gasteiger partial charge is 0.370 e. The monoisotopic (exact) mass is 486 g/mol. The Morgan fingerprint density at radius 3 is 2.46 bits per heavy atom. The van der Waals surface area contributed by atoms with Crippen LogP contribution in [0.2, 0.25) is 0 Å². The molecule has 1 fully saturated rings. The van der Waals surface area contributed by atoms with Crippen molar-refractivity contribution in [2.75, 3.05) is 25.0 Å². The molecule has 0 atom stereocenters. The Balaban J connectivity index is 1.15. The molecule has 2 aromatic heterocycles. The number of fused-ring (bicyclic) bond motifs is 1. The fourth-order valence-electron chi connectivity index (χ4n) is 4.78. The van der Waals surface area contributed by atoms with Gasteiger partial charge in [-0.15, -0.1) is 0 Å². The maximum atomic E-state index is 13.1. The number of rotatable bonds is 8. The van der Waals surface area contributed by atoms with Crippen molar-refractivity contribution in [2.24, 2.45) is 5.92 Å². The van der Waals surface area contributed by atoms with Crippen LogP contribution >= 0.6 is 0 Å². The second-order valence-electron chi connectivity index (χ2n) is 9.09. The minimum absolute atomic E-state index is 0.253. The number of aromatic nitrogens is 2. The zero-order valence-corrected chi connectivity index (χ0v) is 20.5. The smallest absolute Gasteiger partial charge is 0.244 e. The summed E-state index contributed by atoms with van der Waals surface area (Å²) >= 11 is 0. The number of nitrogens with one attached hydrogen (secondary N) is 1. The van der Waals surface area contributed by atoms with E-state index in [9.17, 15) is 8.42 Å². The van der Waals surface area contributed by atoms with Gasteiger partial charge in [0.25, 0.3) is 0 Å². The van der Waals surface area contributed by atoms with Crippen LogP contribution < -0.4 is 5.32 Å². The van der Waals surface area contributed by atoms with Crippen LogP contribution in [0.3, 0.4) is 0 Å². The highest BCUT2D eigenvalue weighted by atomic mass is 32.2. The molecule has 0 amide bonds. The predicted molar refractivity (Wildman–Crippen MR) is 140 cm³/mol. The lowest BCUT2D eigenvalue weighted by Gasteiger charge is -2.31. The van der Waals surface area contributed by atoms with E-state index in [1.54, 1.807) is 16.4 Å². The van der Waals surface area contributed by atoms with Crippen molar-refractivity contribution in [1.82, 2.24) is 14.3 Å². The SMILES string of the molecule is O=S(=O)(c1ccc(NCCc2cccc3cccnc23)nc1)N1CCC(Cc2ccccc2)CC1. The molecule has 1 aliphatic heterocycles. The van der Waals surface area contributed by atoms with Crippen LogP contribution in [0.25, 0.3) is 10.9 Å². The average molecular weight is 487 g/mol. The lowest BCUT2D eigenvalue weighted by atomic mass is 9.91. The van der Waals surface area contributed by atoms with Crippen molar-refractivity contribution in [1.29, 1.82) is 0 Å². The van der Waals surface area contributed by atoms with Gasteiger partial charge in [0.15, 0.2) is 0 Å². The van der Waals surface area contributed by atoms with E-state index in [1.165, 1.54) is 17.3 Å². The fraction of sp³-hybridized carbons (Fsp3) is 0.286. The highest BCUT2D eigenvalue weighted by molar-refractivity contribution is 7.89. The van der Waals surface area contributed by atoms with Crippen molar-refractivity contribution in [2.45, 2.75) is 30.6 Å². The fourth-order valence-corrected chi connectivity index (χ4v) is 6.20. The maximum absolute atomic E-state index is 13.1. The molecule has 180 valence electrons. The van der Waals surface area contributed by atoms with E-state index in [-0.39, 0.29) is 4.90 Å². The van der Waals surface area contributed by atoms with Crippen LogP contribution in [-0.4, -0.2) is 42.3 Å². The third-order valence-electron chi connectivity index (χ3n) is 6.73.